The van der Waals surface area contributed by atoms with Gasteiger partial charge in [0.2, 0.25) is 5.91 Å². The van der Waals surface area contributed by atoms with E-state index in [1.165, 1.54) is 4.90 Å². The summed E-state index contributed by atoms with van der Waals surface area (Å²) in [5.74, 6) is -0.280. The molecule has 0 atom stereocenters. The Morgan fingerprint density at radius 1 is 1.25 bits per heavy atom. The highest BCUT2D eigenvalue weighted by atomic mass is 16.2. The molecule has 0 saturated heterocycles. The second-order valence-electron chi connectivity index (χ2n) is 4.94. The Hall–Kier alpha value is -2.10. The molecular formula is C16H20N2O2. The van der Waals surface area contributed by atoms with Crippen LogP contribution in [0.25, 0.3) is 5.70 Å². The van der Waals surface area contributed by atoms with Crippen LogP contribution < -0.4 is 5.32 Å². The molecule has 0 spiro atoms. The fourth-order valence-electron chi connectivity index (χ4n) is 2.30. The number of unbranched alkanes of at least 4 members (excludes halogenated alkanes) is 2. The number of amides is 2. The van der Waals surface area contributed by atoms with Gasteiger partial charge in [-0.15, -0.1) is 0 Å². The first-order valence-electron chi connectivity index (χ1n) is 7.02. The SMILES string of the molecule is C=C1c2ccccc2C(=O)N1CC(=O)NCCCCC. The summed E-state index contributed by atoms with van der Waals surface area (Å²) in [5, 5.41) is 2.84. The second kappa shape index (κ2) is 6.37. The minimum absolute atomic E-state index is 0.0402. The molecule has 0 aliphatic carbocycles. The Morgan fingerprint density at radius 3 is 2.60 bits per heavy atom. The summed E-state index contributed by atoms with van der Waals surface area (Å²) in [6.07, 6.45) is 3.19. The van der Waals surface area contributed by atoms with Gasteiger partial charge in [0, 0.05) is 23.4 Å². The van der Waals surface area contributed by atoms with E-state index in [1.807, 2.05) is 18.2 Å². The summed E-state index contributed by atoms with van der Waals surface area (Å²) in [7, 11) is 0. The van der Waals surface area contributed by atoms with Crippen molar-refractivity contribution in [1.29, 1.82) is 0 Å². The van der Waals surface area contributed by atoms with Gasteiger partial charge in [-0.05, 0) is 12.5 Å². The van der Waals surface area contributed by atoms with Crippen LogP contribution in [0.5, 0.6) is 0 Å². The van der Waals surface area contributed by atoms with Crippen molar-refractivity contribution >= 4 is 17.5 Å². The number of carbonyl (C=O) groups excluding carboxylic acids is 2. The van der Waals surface area contributed by atoms with Crippen molar-refractivity contribution in [2.45, 2.75) is 26.2 Å². The first-order chi connectivity index (χ1) is 9.65. The minimum atomic E-state index is -0.144. The monoisotopic (exact) mass is 272 g/mol. The third kappa shape index (κ3) is 2.90. The Bertz CT molecular complexity index is 502. The van der Waals surface area contributed by atoms with E-state index in [1.54, 1.807) is 6.07 Å². The summed E-state index contributed by atoms with van der Waals surface area (Å²) in [6.45, 7) is 6.73. The minimum Gasteiger partial charge on any atom is -0.355 e. The van der Waals surface area contributed by atoms with Crippen molar-refractivity contribution < 1.29 is 9.59 Å². The van der Waals surface area contributed by atoms with Crippen LogP contribution >= 0.6 is 0 Å². The van der Waals surface area contributed by atoms with Crippen LogP contribution in [0.4, 0.5) is 0 Å². The quantitative estimate of drug-likeness (QED) is 0.808. The van der Waals surface area contributed by atoms with Gasteiger partial charge in [-0.2, -0.15) is 0 Å². The third-order valence-electron chi connectivity index (χ3n) is 3.44. The maximum atomic E-state index is 12.2. The summed E-state index contributed by atoms with van der Waals surface area (Å²) in [4.78, 5) is 25.5. The normalized spacial score (nSPS) is 13.6. The van der Waals surface area contributed by atoms with Gasteiger partial charge in [0.25, 0.3) is 5.91 Å². The standard InChI is InChI=1S/C16H20N2O2/c1-3-4-7-10-17-15(19)11-18-12(2)13-8-5-6-9-14(13)16(18)20/h5-6,8-9H,2-4,7,10-11H2,1H3,(H,17,19). The lowest BCUT2D eigenvalue weighted by molar-refractivity contribution is -0.121. The maximum Gasteiger partial charge on any atom is 0.259 e. The number of nitrogens with zero attached hydrogens (tertiary/aromatic N) is 1. The highest BCUT2D eigenvalue weighted by Gasteiger charge is 2.31. The number of rotatable bonds is 6. The Labute approximate surface area is 119 Å². The predicted molar refractivity (Wildman–Crippen MR) is 79.0 cm³/mol. The molecule has 1 heterocycles. The van der Waals surface area contributed by atoms with E-state index < -0.39 is 0 Å². The zero-order chi connectivity index (χ0) is 14.5. The topological polar surface area (TPSA) is 49.4 Å². The summed E-state index contributed by atoms with van der Waals surface area (Å²) >= 11 is 0. The molecule has 106 valence electrons. The van der Waals surface area contributed by atoms with Gasteiger partial charge in [-0.25, -0.2) is 0 Å². The van der Waals surface area contributed by atoms with E-state index >= 15 is 0 Å². The van der Waals surface area contributed by atoms with E-state index in [0.717, 1.165) is 24.8 Å². The van der Waals surface area contributed by atoms with Crippen molar-refractivity contribution in [1.82, 2.24) is 10.2 Å². The Kier molecular flexibility index (Phi) is 4.56. The van der Waals surface area contributed by atoms with Gasteiger partial charge >= 0.3 is 0 Å². The summed E-state index contributed by atoms with van der Waals surface area (Å²) in [6, 6.07) is 7.31. The van der Waals surface area contributed by atoms with Gasteiger partial charge in [-0.3, -0.25) is 14.5 Å². The highest BCUT2D eigenvalue weighted by molar-refractivity contribution is 6.10. The molecule has 0 saturated carbocycles. The van der Waals surface area contributed by atoms with E-state index in [2.05, 4.69) is 18.8 Å². The molecule has 0 bridgehead atoms. The number of hydrogen-bond acceptors (Lipinski definition) is 2. The van der Waals surface area contributed by atoms with Gasteiger partial charge in [0.05, 0.1) is 0 Å². The summed E-state index contributed by atoms with van der Waals surface area (Å²) in [5.41, 5.74) is 2.04. The molecule has 2 rings (SSSR count). The van der Waals surface area contributed by atoms with Crippen molar-refractivity contribution in [3.05, 3.63) is 42.0 Å². The number of nitrogens with one attached hydrogen (secondary N) is 1. The van der Waals surface area contributed by atoms with Crippen molar-refractivity contribution in [2.24, 2.45) is 0 Å². The highest BCUT2D eigenvalue weighted by Crippen LogP contribution is 2.30. The fourth-order valence-corrected chi connectivity index (χ4v) is 2.30. The van der Waals surface area contributed by atoms with Crippen molar-refractivity contribution in [2.75, 3.05) is 13.1 Å². The van der Waals surface area contributed by atoms with E-state index in [4.69, 9.17) is 0 Å². The molecule has 0 unspecified atom stereocenters. The van der Waals surface area contributed by atoms with Crippen LogP contribution in [0, 0.1) is 0 Å². The Balaban J connectivity index is 1.93. The van der Waals surface area contributed by atoms with E-state index in [0.29, 0.717) is 17.8 Å². The molecule has 4 nitrogen and oxygen atoms in total. The van der Waals surface area contributed by atoms with Crippen LogP contribution in [0.1, 0.15) is 42.1 Å². The molecule has 0 fully saturated rings. The first kappa shape index (κ1) is 14.3. The van der Waals surface area contributed by atoms with E-state index in [9.17, 15) is 9.59 Å². The second-order valence-corrected chi connectivity index (χ2v) is 4.94. The fraction of sp³-hybridized carbons (Fsp3) is 0.375. The smallest absolute Gasteiger partial charge is 0.259 e. The average molecular weight is 272 g/mol. The zero-order valence-corrected chi connectivity index (χ0v) is 11.8. The van der Waals surface area contributed by atoms with Gasteiger partial charge < -0.3 is 5.32 Å². The van der Waals surface area contributed by atoms with Gasteiger partial charge in [-0.1, -0.05) is 44.5 Å². The Morgan fingerprint density at radius 2 is 1.95 bits per heavy atom. The maximum absolute atomic E-state index is 12.2. The number of carbonyl (C=O) groups is 2. The van der Waals surface area contributed by atoms with Crippen molar-refractivity contribution in [3.63, 3.8) is 0 Å². The lowest BCUT2D eigenvalue weighted by Crippen LogP contribution is -2.37. The van der Waals surface area contributed by atoms with Crippen LogP contribution in [0.3, 0.4) is 0 Å². The van der Waals surface area contributed by atoms with Crippen LogP contribution in [0.15, 0.2) is 30.8 Å². The van der Waals surface area contributed by atoms with E-state index in [-0.39, 0.29) is 18.4 Å². The molecule has 4 heteroatoms. The molecule has 1 aliphatic heterocycles. The molecule has 1 aromatic rings. The third-order valence-corrected chi connectivity index (χ3v) is 3.44. The molecular weight excluding hydrogens is 252 g/mol. The zero-order valence-electron chi connectivity index (χ0n) is 11.8. The first-order valence-corrected chi connectivity index (χ1v) is 7.02. The lowest BCUT2D eigenvalue weighted by atomic mass is 10.1. The van der Waals surface area contributed by atoms with Gasteiger partial charge in [0.15, 0.2) is 0 Å². The van der Waals surface area contributed by atoms with Crippen LogP contribution in [-0.4, -0.2) is 29.8 Å². The molecule has 20 heavy (non-hydrogen) atoms. The molecule has 1 aliphatic rings. The van der Waals surface area contributed by atoms with Crippen LogP contribution in [0.2, 0.25) is 0 Å². The number of fused-ring (bicyclic) bond motifs is 1. The number of hydrogen-bond donors (Lipinski definition) is 1. The predicted octanol–water partition coefficient (Wildman–Crippen LogP) is 2.42. The lowest BCUT2D eigenvalue weighted by Gasteiger charge is -2.16. The molecule has 2 amide bonds. The van der Waals surface area contributed by atoms with Crippen LogP contribution in [-0.2, 0) is 4.79 Å². The molecule has 1 N–H and O–H groups in total. The average Bonchev–Trinajstić information content (AvgIpc) is 2.69. The van der Waals surface area contributed by atoms with Gasteiger partial charge in [0.1, 0.15) is 6.54 Å². The summed E-state index contributed by atoms with van der Waals surface area (Å²) < 4.78 is 0. The molecule has 0 radical (unpaired) electrons. The molecule has 1 aromatic carbocycles. The van der Waals surface area contributed by atoms with Crippen molar-refractivity contribution in [3.8, 4) is 0 Å². The largest absolute Gasteiger partial charge is 0.355 e. The molecule has 0 aromatic heterocycles. The number of benzene rings is 1.